The molecule has 0 atom stereocenters. The van der Waals surface area contributed by atoms with Crippen LogP contribution in [0.15, 0.2) is 48.5 Å². The summed E-state index contributed by atoms with van der Waals surface area (Å²) < 4.78 is 26.1. The largest absolute Gasteiger partial charge is 0.326 e. The SMILES string of the molecule is O=C(CCN(Cc1ccccc1)C1CC1)Nc1ccc(F)c(F)c1. The molecule has 5 heteroatoms. The Balaban J connectivity index is 1.52. The molecule has 0 bridgehead atoms. The summed E-state index contributed by atoms with van der Waals surface area (Å²) in [5, 5.41) is 2.62. The van der Waals surface area contributed by atoms with E-state index in [-0.39, 0.29) is 11.6 Å². The highest BCUT2D eigenvalue weighted by molar-refractivity contribution is 5.90. The molecule has 1 amide bonds. The molecule has 3 nitrogen and oxygen atoms in total. The smallest absolute Gasteiger partial charge is 0.225 e. The maximum Gasteiger partial charge on any atom is 0.225 e. The fourth-order valence-corrected chi connectivity index (χ4v) is 2.69. The highest BCUT2D eigenvalue weighted by Gasteiger charge is 2.29. The molecule has 1 aliphatic rings. The number of hydrogen-bond acceptors (Lipinski definition) is 2. The highest BCUT2D eigenvalue weighted by Crippen LogP contribution is 2.28. The van der Waals surface area contributed by atoms with Crippen LogP contribution in [0.4, 0.5) is 14.5 Å². The fraction of sp³-hybridized carbons (Fsp3) is 0.316. The van der Waals surface area contributed by atoms with Crippen molar-refractivity contribution in [2.75, 3.05) is 11.9 Å². The van der Waals surface area contributed by atoms with Crippen molar-refractivity contribution in [3.63, 3.8) is 0 Å². The van der Waals surface area contributed by atoms with Gasteiger partial charge < -0.3 is 5.32 Å². The van der Waals surface area contributed by atoms with E-state index in [0.717, 1.165) is 31.5 Å². The van der Waals surface area contributed by atoms with Crippen molar-refractivity contribution in [1.82, 2.24) is 4.90 Å². The second-order valence-corrected chi connectivity index (χ2v) is 6.11. The summed E-state index contributed by atoms with van der Waals surface area (Å²) in [7, 11) is 0. The van der Waals surface area contributed by atoms with Gasteiger partial charge in [-0.2, -0.15) is 0 Å². The van der Waals surface area contributed by atoms with Crippen molar-refractivity contribution in [1.29, 1.82) is 0 Å². The number of amides is 1. The van der Waals surface area contributed by atoms with E-state index in [4.69, 9.17) is 0 Å². The van der Waals surface area contributed by atoms with Crippen molar-refractivity contribution < 1.29 is 13.6 Å². The lowest BCUT2D eigenvalue weighted by Crippen LogP contribution is -2.29. The van der Waals surface area contributed by atoms with Crippen LogP contribution in [0.2, 0.25) is 0 Å². The molecule has 0 aliphatic heterocycles. The van der Waals surface area contributed by atoms with Crippen LogP contribution in [0.3, 0.4) is 0 Å². The molecule has 0 saturated heterocycles. The van der Waals surface area contributed by atoms with Crippen molar-refractivity contribution >= 4 is 11.6 Å². The van der Waals surface area contributed by atoms with Crippen molar-refractivity contribution in [2.24, 2.45) is 0 Å². The molecule has 0 unspecified atom stereocenters. The molecule has 0 spiro atoms. The summed E-state index contributed by atoms with van der Waals surface area (Å²) in [4.78, 5) is 14.4. The molecule has 24 heavy (non-hydrogen) atoms. The number of carbonyl (C=O) groups is 1. The van der Waals surface area contributed by atoms with Crippen LogP contribution in [-0.4, -0.2) is 23.4 Å². The van der Waals surface area contributed by atoms with E-state index < -0.39 is 11.6 Å². The van der Waals surface area contributed by atoms with Gasteiger partial charge in [0.2, 0.25) is 5.91 Å². The standard InChI is InChI=1S/C19H20F2N2O/c20-17-9-6-15(12-18(17)21)22-19(24)10-11-23(16-7-8-16)13-14-4-2-1-3-5-14/h1-6,9,12,16H,7-8,10-11,13H2,(H,22,24). The Morgan fingerprint density at radius 2 is 1.83 bits per heavy atom. The van der Waals surface area contributed by atoms with Gasteiger partial charge in [-0.3, -0.25) is 9.69 Å². The molecule has 1 N–H and O–H groups in total. The maximum absolute atomic E-state index is 13.2. The number of anilines is 1. The number of nitrogens with one attached hydrogen (secondary N) is 1. The minimum Gasteiger partial charge on any atom is -0.326 e. The van der Waals surface area contributed by atoms with Gasteiger partial charge in [0.15, 0.2) is 11.6 Å². The topological polar surface area (TPSA) is 32.3 Å². The Labute approximate surface area is 140 Å². The summed E-state index contributed by atoms with van der Waals surface area (Å²) in [6.45, 7) is 1.47. The molecule has 1 fully saturated rings. The monoisotopic (exact) mass is 330 g/mol. The predicted octanol–water partition coefficient (Wildman–Crippen LogP) is 3.96. The van der Waals surface area contributed by atoms with E-state index in [1.807, 2.05) is 18.2 Å². The Hall–Kier alpha value is -2.27. The van der Waals surface area contributed by atoms with Gasteiger partial charge in [-0.15, -0.1) is 0 Å². The van der Waals surface area contributed by atoms with Gasteiger partial charge >= 0.3 is 0 Å². The third-order valence-corrected chi connectivity index (χ3v) is 4.12. The Morgan fingerprint density at radius 1 is 1.08 bits per heavy atom. The minimum atomic E-state index is -0.962. The van der Waals surface area contributed by atoms with Crippen LogP contribution in [0.5, 0.6) is 0 Å². The molecule has 2 aromatic carbocycles. The van der Waals surface area contributed by atoms with Gasteiger partial charge in [-0.05, 0) is 30.5 Å². The lowest BCUT2D eigenvalue weighted by molar-refractivity contribution is -0.116. The molecular weight excluding hydrogens is 310 g/mol. The second-order valence-electron chi connectivity index (χ2n) is 6.11. The lowest BCUT2D eigenvalue weighted by Gasteiger charge is -2.21. The Morgan fingerprint density at radius 3 is 2.50 bits per heavy atom. The summed E-state index contributed by atoms with van der Waals surface area (Å²) in [6, 6.07) is 14.1. The van der Waals surface area contributed by atoms with Crippen LogP contribution >= 0.6 is 0 Å². The average molecular weight is 330 g/mol. The van der Waals surface area contributed by atoms with E-state index in [0.29, 0.717) is 19.0 Å². The summed E-state index contributed by atoms with van der Waals surface area (Å²) in [5.74, 6) is -2.08. The van der Waals surface area contributed by atoms with E-state index in [1.165, 1.54) is 11.6 Å². The average Bonchev–Trinajstić information content (AvgIpc) is 3.41. The first kappa shape index (κ1) is 16.6. The molecule has 126 valence electrons. The number of nitrogens with zero attached hydrogens (tertiary/aromatic N) is 1. The third kappa shape index (κ3) is 4.61. The van der Waals surface area contributed by atoms with Gasteiger partial charge in [0.25, 0.3) is 0 Å². The van der Waals surface area contributed by atoms with Gasteiger partial charge in [-0.25, -0.2) is 8.78 Å². The van der Waals surface area contributed by atoms with Gasteiger partial charge in [0.1, 0.15) is 0 Å². The van der Waals surface area contributed by atoms with E-state index in [2.05, 4.69) is 22.3 Å². The zero-order chi connectivity index (χ0) is 16.9. The quantitative estimate of drug-likeness (QED) is 0.833. The highest BCUT2D eigenvalue weighted by atomic mass is 19.2. The van der Waals surface area contributed by atoms with Crippen LogP contribution in [-0.2, 0) is 11.3 Å². The summed E-state index contributed by atoms with van der Waals surface area (Å²) in [6.07, 6.45) is 2.65. The number of carbonyl (C=O) groups excluding carboxylic acids is 1. The Bertz CT molecular complexity index is 702. The number of hydrogen-bond donors (Lipinski definition) is 1. The maximum atomic E-state index is 13.2. The van der Waals surface area contributed by atoms with E-state index in [9.17, 15) is 13.6 Å². The number of benzene rings is 2. The second kappa shape index (κ2) is 7.53. The van der Waals surface area contributed by atoms with Crippen LogP contribution < -0.4 is 5.32 Å². The molecule has 0 heterocycles. The molecule has 2 aromatic rings. The normalized spacial score (nSPS) is 14.0. The molecule has 0 aromatic heterocycles. The van der Waals surface area contributed by atoms with Crippen molar-refractivity contribution in [3.05, 3.63) is 65.7 Å². The lowest BCUT2D eigenvalue weighted by atomic mass is 10.2. The third-order valence-electron chi connectivity index (χ3n) is 4.12. The summed E-state index contributed by atoms with van der Waals surface area (Å²) in [5.41, 5.74) is 1.50. The molecular formula is C19H20F2N2O. The molecule has 1 aliphatic carbocycles. The van der Waals surface area contributed by atoms with Crippen molar-refractivity contribution in [3.8, 4) is 0 Å². The van der Waals surface area contributed by atoms with Gasteiger partial charge in [0.05, 0.1) is 0 Å². The van der Waals surface area contributed by atoms with Crippen LogP contribution in [0.25, 0.3) is 0 Å². The number of rotatable bonds is 7. The predicted molar refractivity (Wildman–Crippen MR) is 89.5 cm³/mol. The first-order valence-corrected chi connectivity index (χ1v) is 8.15. The zero-order valence-corrected chi connectivity index (χ0v) is 13.3. The minimum absolute atomic E-state index is 0.195. The molecule has 1 saturated carbocycles. The van der Waals surface area contributed by atoms with Gasteiger partial charge in [-0.1, -0.05) is 30.3 Å². The zero-order valence-electron chi connectivity index (χ0n) is 13.3. The molecule has 3 rings (SSSR count). The molecule has 0 radical (unpaired) electrons. The summed E-state index contributed by atoms with van der Waals surface area (Å²) >= 11 is 0. The number of halogens is 2. The first-order chi connectivity index (χ1) is 11.6. The fourth-order valence-electron chi connectivity index (χ4n) is 2.69. The van der Waals surface area contributed by atoms with E-state index >= 15 is 0 Å². The Kier molecular flexibility index (Phi) is 5.20. The van der Waals surface area contributed by atoms with Crippen LogP contribution in [0.1, 0.15) is 24.8 Å². The first-order valence-electron chi connectivity index (χ1n) is 8.15. The van der Waals surface area contributed by atoms with Crippen LogP contribution in [0, 0.1) is 11.6 Å². The van der Waals surface area contributed by atoms with Crippen molar-refractivity contribution in [2.45, 2.75) is 31.8 Å². The van der Waals surface area contributed by atoms with E-state index in [1.54, 1.807) is 0 Å². The van der Waals surface area contributed by atoms with Gasteiger partial charge in [0, 0.05) is 37.3 Å².